The summed E-state index contributed by atoms with van der Waals surface area (Å²) in [7, 11) is 0. The van der Waals surface area contributed by atoms with Crippen LogP contribution in [0, 0.1) is 0 Å². The molecule has 0 unspecified atom stereocenters. The van der Waals surface area contributed by atoms with Crippen LogP contribution in [0.2, 0.25) is 0 Å². The van der Waals surface area contributed by atoms with Gasteiger partial charge in [-0.2, -0.15) is 0 Å². The lowest BCUT2D eigenvalue weighted by Gasteiger charge is -2.00. The van der Waals surface area contributed by atoms with Crippen molar-refractivity contribution in [3.05, 3.63) is 35.7 Å². The van der Waals surface area contributed by atoms with Crippen molar-refractivity contribution < 1.29 is 0 Å². The first-order valence-corrected chi connectivity index (χ1v) is 4.59. The number of aliphatic imine (C=N–C) groups is 1. The summed E-state index contributed by atoms with van der Waals surface area (Å²) >= 11 is 0. The summed E-state index contributed by atoms with van der Waals surface area (Å²) in [4.78, 5) is 4.32. The van der Waals surface area contributed by atoms with Crippen LogP contribution in [0.15, 0.2) is 40.7 Å². The van der Waals surface area contributed by atoms with Gasteiger partial charge in [-0.1, -0.05) is 18.6 Å². The van der Waals surface area contributed by atoms with E-state index >= 15 is 0 Å². The van der Waals surface area contributed by atoms with Crippen molar-refractivity contribution in [3.63, 3.8) is 0 Å². The molecule has 0 bridgehead atoms. The van der Waals surface area contributed by atoms with E-state index in [1.807, 2.05) is 24.6 Å². The smallest absolute Gasteiger partial charge is 0.137 e. The number of amidine groups is 1. The van der Waals surface area contributed by atoms with Crippen LogP contribution in [0.4, 0.5) is 0 Å². The molecule has 0 radical (unpaired) electrons. The molecule has 0 aromatic rings. The Morgan fingerprint density at radius 3 is 2.92 bits per heavy atom. The molecule has 0 fully saturated rings. The normalized spacial score (nSPS) is 18.7. The Morgan fingerprint density at radius 2 is 2.31 bits per heavy atom. The van der Waals surface area contributed by atoms with Crippen LogP contribution >= 0.6 is 0 Å². The maximum absolute atomic E-state index is 4.32. The number of hydrogen-bond acceptors (Lipinski definition) is 1. The summed E-state index contributed by atoms with van der Waals surface area (Å²) < 4.78 is 0. The number of hydrogen-bond donors (Lipinski definition) is 1. The largest absolute Gasteiger partial charge is 0.346 e. The van der Waals surface area contributed by atoms with E-state index in [2.05, 4.69) is 31.1 Å². The molecule has 0 aromatic heterocycles. The van der Waals surface area contributed by atoms with Gasteiger partial charge < -0.3 is 5.32 Å². The van der Waals surface area contributed by atoms with Crippen LogP contribution in [-0.4, -0.2) is 5.84 Å². The third-order valence-electron chi connectivity index (χ3n) is 1.81. The van der Waals surface area contributed by atoms with Crippen molar-refractivity contribution in [2.45, 2.75) is 27.2 Å². The molecule has 2 heteroatoms. The summed E-state index contributed by atoms with van der Waals surface area (Å²) in [6.07, 6.45) is 8.87. The first-order chi connectivity index (χ1) is 6.25. The molecule has 0 amide bonds. The molecule has 1 heterocycles. The molecule has 1 aliphatic heterocycles. The Kier molecular flexibility index (Phi) is 3.50. The van der Waals surface area contributed by atoms with E-state index in [0.29, 0.717) is 0 Å². The quantitative estimate of drug-likeness (QED) is 0.687. The first-order valence-electron chi connectivity index (χ1n) is 4.59. The zero-order chi connectivity index (χ0) is 9.68. The summed E-state index contributed by atoms with van der Waals surface area (Å²) in [5, 5.41) is 3.11. The molecule has 0 aliphatic carbocycles. The van der Waals surface area contributed by atoms with Gasteiger partial charge in [0.2, 0.25) is 0 Å². The predicted octanol–water partition coefficient (Wildman–Crippen LogP) is 2.76. The van der Waals surface area contributed by atoms with E-state index in [-0.39, 0.29) is 0 Å². The van der Waals surface area contributed by atoms with Crippen molar-refractivity contribution in [1.82, 2.24) is 5.32 Å². The molecule has 0 atom stereocenters. The highest BCUT2D eigenvalue weighted by Crippen LogP contribution is 2.11. The Bertz CT molecular complexity index is 289. The first kappa shape index (κ1) is 9.78. The summed E-state index contributed by atoms with van der Waals surface area (Å²) in [6, 6.07) is 0. The predicted molar refractivity (Wildman–Crippen MR) is 57.5 cm³/mol. The molecule has 1 aliphatic rings. The van der Waals surface area contributed by atoms with Crippen molar-refractivity contribution in [2.75, 3.05) is 0 Å². The average molecular weight is 176 g/mol. The average Bonchev–Trinajstić information content (AvgIpc) is 2.53. The van der Waals surface area contributed by atoms with Crippen LogP contribution < -0.4 is 5.32 Å². The lowest BCUT2D eigenvalue weighted by molar-refractivity contribution is 1.20. The fraction of sp³-hybridized carbons (Fsp3) is 0.364. The number of rotatable bonds is 2. The van der Waals surface area contributed by atoms with E-state index < -0.39 is 0 Å². The van der Waals surface area contributed by atoms with Gasteiger partial charge in [0.15, 0.2) is 0 Å². The van der Waals surface area contributed by atoms with Crippen molar-refractivity contribution >= 4 is 5.84 Å². The van der Waals surface area contributed by atoms with Gasteiger partial charge >= 0.3 is 0 Å². The second-order valence-corrected chi connectivity index (χ2v) is 3.16. The van der Waals surface area contributed by atoms with Gasteiger partial charge in [-0.15, -0.1) is 0 Å². The number of nitrogens with zero attached hydrogens (tertiary/aromatic N) is 1. The third-order valence-corrected chi connectivity index (χ3v) is 1.81. The second-order valence-electron chi connectivity index (χ2n) is 3.16. The van der Waals surface area contributed by atoms with Gasteiger partial charge in [-0.25, -0.2) is 4.99 Å². The highest BCUT2D eigenvalue weighted by atomic mass is 15.0. The van der Waals surface area contributed by atoms with Gasteiger partial charge in [-0.3, -0.25) is 0 Å². The second kappa shape index (κ2) is 4.65. The fourth-order valence-electron chi connectivity index (χ4n) is 1.10. The molecule has 1 rings (SSSR count). The van der Waals surface area contributed by atoms with Gasteiger partial charge in [0, 0.05) is 18.0 Å². The van der Waals surface area contributed by atoms with E-state index in [1.54, 1.807) is 0 Å². The van der Waals surface area contributed by atoms with Crippen LogP contribution in [0.1, 0.15) is 27.2 Å². The monoisotopic (exact) mass is 176 g/mol. The molecule has 2 nitrogen and oxygen atoms in total. The minimum Gasteiger partial charge on any atom is -0.346 e. The Balaban J connectivity index is 2.78. The minimum atomic E-state index is 0.949. The molecule has 1 N–H and O–H groups in total. The van der Waals surface area contributed by atoms with Gasteiger partial charge in [-0.05, 0) is 26.3 Å². The molecule has 70 valence electrons. The van der Waals surface area contributed by atoms with E-state index in [0.717, 1.165) is 12.3 Å². The zero-order valence-corrected chi connectivity index (χ0v) is 8.46. The van der Waals surface area contributed by atoms with E-state index in [4.69, 9.17) is 0 Å². The van der Waals surface area contributed by atoms with Crippen molar-refractivity contribution in [1.29, 1.82) is 0 Å². The molecule has 0 aromatic carbocycles. The molecular formula is C11H16N2. The molecule has 13 heavy (non-hydrogen) atoms. The van der Waals surface area contributed by atoms with E-state index in [1.165, 1.54) is 11.1 Å². The zero-order valence-electron chi connectivity index (χ0n) is 8.46. The highest BCUT2D eigenvalue weighted by molar-refractivity contribution is 6.04. The molecule has 0 saturated carbocycles. The van der Waals surface area contributed by atoms with Crippen LogP contribution in [-0.2, 0) is 0 Å². The fourth-order valence-corrected chi connectivity index (χ4v) is 1.10. The Labute approximate surface area is 79.8 Å². The molecule has 0 spiro atoms. The van der Waals surface area contributed by atoms with Gasteiger partial charge in [0.25, 0.3) is 0 Å². The third kappa shape index (κ3) is 2.58. The van der Waals surface area contributed by atoms with Gasteiger partial charge in [0.05, 0.1) is 0 Å². The van der Waals surface area contributed by atoms with Gasteiger partial charge in [0.1, 0.15) is 5.84 Å². The standard InChI is InChI=1S/C11H16N2/c1-4-5-7-12-11-10(9(2)3)6-8-13-11/h5-8H,4H2,1-3H3,(H,12,13)/b7-5+. The van der Waals surface area contributed by atoms with Crippen molar-refractivity contribution in [3.8, 4) is 0 Å². The summed E-state index contributed by atoms with van der Waals surface area (Å²) in [5.41, 5.74) is 2.48. The highest BCUT2D eigenvalue weighted by Gasteiger charge is 2.08. The van der Waals surface area contributed by atoms with E-state index in [9.17, 15) is 0 Å². The summed E-state index contributed by atoms with van der Waals surface area (Å²) in [5.74, 6) is 0.949. The van der Waals surface area contributed by atoms with Crippen LogP contribution in [0.25, 0.3) is 0 Å². The molecular weight excluding hydrogens is 160 g/mol. The number of allylic oxidation sites excluding steroid dienone is 2. The SMILES string of the molecule is CC/C=C/N=C1NC=CC1=C(C)C. The summed E-state index contributed by atoms with van der Waals surface area (Å²) in [6.45, 7) is 6.27. The lowest BCUT2D eigenvalue weighted by atomic mass is 10.1. The lowest BCUT2D eigenvalue weighted by Crippen LogP contribution is -2.12. The van der Waals surface area contributed by atoms with Crippen LogP contribution in [0.3, 0.4) is 0 Å². The Morgan fingerprint density at radius 1 is 1.54 bits per heavy atom. The maximum atomic E-state index is 4.32. The van der Waals surface area contributed by atoms with Crippen LogP contribution in [0.5, 0.6) is 0 Å². The van der Waals surface area contributed by atoms with Crippen molar-refractivity contribution in [2.24, 2.45) is 4.99 Å². The topological polar surface area (TPSA) is 24.4 Å². The Hall–Kier alpha value is -1.31. The molecule has 0 saturated heterocycles. The number of nitrogens with one attached hydrogen (secondary N) is 1. The minimum absolute atomic E-state index is 0.949. The maximum Gasteiger partial charge on any atom is 0.137 e.